The first-order chi connectivity index (χ1) is 16.9. The Balaban J connectivity index is 1.43. The van der Waals surface area contributed by atoms with Gasteiger partial charge in [0.25, 0.3) is 0 Å². The molecule has 194 valence electrons. The molecule has 1 amide bonds. The van der Waals surface area contributed by atoms with Gasteiger partial charge in [-0.3, -0.25) is 4.79 Å². The molecule has 9 heteroatoms. The van der Waals surface area contributed by atoms with E-state index < -0.39 is 0 Å². The summed E-state index contributed by atoms with van der Waals surface area (Å²) >= 11 is 3.02. The monoisotopic (exact) mass is 528 g/mol. The van der Waals surface area contributed by atoms with Crippen molar-refractivity contribution < 1.29 is 14.3 Å². The van der Waals surface area contributed by atoms with Gasteiger partial charge in [-0.05, 0) is 11.1 Å². The number of amides is 1. The third-order valence-corrected chi connectivity index (χ3v) is 7.61. The van der Waals surface area contributed by atoms with Crippen LogP contribution in [0.2, 0.25) is 0 Å². The molecule has 3 N–H and O–H groups in total. The number of rotatable bonds is 12. The Morgan fingerprint density at radius 2 is 1.81 bits per heavy atom. The number of carbonyl (C=O) groups excluding carboxylic acids is 1. The van der Waals surface area contributed by atoms with E-state index in [9.17, 15) is 9.90 Å². The standard InChI is InChI=1S/C27H36N4O3S2/c1-18(24-29-13-21(34-24)26(2,3)4)15-35-23-14-30-25(36-23)31-22(33)11-19-7-9-20(10-8-19)12-28-16-27(5,6)17-32/h7-10,13-14,28,32H,1,11-12,15-17H2,2-6H3,(H,30,31,33). The van der Waals surface area contributed by atoms with Crippen LogP contribution in [0.15, 0.2) is 51.9 Å². The molecule has 2 heterocycles. The van der Waals surface area contributed by atoms with Gasteiger partial charge >= 0.3 is 0 Å². The fourth-order valence-corrected chi connectivity index (χ4v) is 4.90. The molecule has 0 saturated carbocycles. The number of hydrogen-bond donors (Lipinski definition) is 3. The Labute approximate surface area is 221 Å². The molecule has 36 heavy (non-hydrogen) atoms. The van der Waals surface area contributed by atoms with Crippen LogP contribution < -0.4 is 10.6 Å². The van der Waals surface area contributed by atoms with Crippen LogP contribution in [-0.2, 0) is 23.2 Å². The first-order valence-electron chi connectivity index (χ1n) is 11.9. The number of oxazole rings is 1. The number of aliphatic hydroxyl groups is 1. The average molecular weight is 529 g/mol. The normalized spacial score (nSPS) is 12.1. The average Bonchev–Trinajstić information content (AvgIpc) is 3.48. The van der Waals surface area contributed by atoms with Crippen molar-refractivity contribution >= 4 is 39.7 Å². The molecular formula is C27H36N4O3S2. The van der Waals surface area contributed by atoms with Gasteiger partial charge in [-0.2, -0.15) is 0 Å². The van der Waals surface area contributed by atoms with E-state index in [1.54, 1.807) is 24.2 Å². The Kier molecular flexibility index (Phi) is 9.52. The molecule has 0 unspecified atom stereocenters. The summed E-state index contributed by atoms with van der Waals surface area (Å²) in [5, 5.41) is 16.2. The quantitative estimate of drug-likeness (QED) is 0.266. The molecule has 1 aromatic carbocycles. The molecule has 2 aromatic heterocycles. The lowest BCUT2D eigenvalue weighted by molar-refractivity contribution is -0.115. The maximum atomic E-state index is 12.5. The van der Waals surface area contributed by atoms with Crippen molar-refractivity contribution in [2.75, 3.05) is 24.2 Å². The van der Waals surface area contributed by atoms with Crippen LogP contribution in [0.1, 0.15) is 57.4 Å². The molecule has 0 aliphatic rings. The van der Waals surface area contributed by atoms with Crippen LogP contribution in [0.5, 0.6) is 0 Å². The highest BCUT2D eigenvalue weighted by Gasteiger charge is 2.20. The minimum absolute atomic E-state index is 0.0965. The van der Waals surface area contributed by atoms with Crippen molar-refractivity contribution in [3.05, 3.63) is 66.0 Å². The second kappa shape index (κ2) is 12.2. The molecule has 0 radical (unpaired) electrons. The number of nitrogens with one attached hydrogen (secondary N) is 2. The predicted molar refractivity (Wildman–Crippen MR) is 148 cm³/mol. The van der Waals surface area contributed by atoms with Gasteiger partial charge in [-0.15, -0.1) is 11.8 Å². The summed E-state index contributed by atoms with van der Waals surface area (Å²) < 4.78 is 6.83. The fourth-order valence-electron chi connectivity index (χ4n) is 3.11. The molecule has 0 bridgehead atoms. The van der Waals surface area contributed by atoms with Crippen LogP contribution in [0.4, 0.5) is 5.13 Å². The first kappa shape index (κ1) is 28.1. The number of aromatic nitrogens is 2. The van der Waals surface area contributed by atoms with Crippen molar-refractivity contribution in [1.29, 1.82) is 0 Å². The van der Waals surface area contributed by atoms with E-state index in [4.69, 9.17) is 4.42 Å². The van der Waals surface area contributed by atoms with Gasteiger partial charge in [0.05, 0.1) is 23.0 Å². The van der Waals surface area contributed by atoms with E-state index in [1.807, 2.05) is 38.1 Å². The Morgan fingerprint density at radius 1 is 1.11 bits per heavy atom. The zero-order valence-electron chi connectivity index (χ0n) is 21.7. The summed E-state index contributed by atoms with van der Waals surface area (Å²) in [5.41, 5.74) is 2.64. The number of anilines is 1. The fraction of sp³-hybridized carbons (Fsp3) is 0.444. The first-order valence-corrected chi connectivity index (χ1v) is 13.7. The summed E-state index contributed by atoms with van der Waals surface area (Å²) in [6.45, 7) is 16.0. The van der Waals surface area contributed by atoms with Gasteiger partial charge in [0, 0.05) is 41.9 Å². The minimum atomic E-state index is -0.146. The Morgan fingerprint density at radius 3 is 2.44 bits per heavy atom. The largest absolute Gasteiger partial charge is 0.441 e. The topological polar surface area (TPSA) is 100 Å². The summed E-state index contributed by atoms with van der Waals surface area (Å²) in [5.74, 6) is 1.91. The third-order valence-electron chi connectivity index (χ3n) is 5.42. The van der Waals surface area contributed by atoms with Crippen molar-refractivity contribution in [2.24, 2.45) is 5.41 Å². The number of nitrogens with zero attached hydrogens (tertiary/aromatic N) is 2. The van der Waals surface area contributed by atoms with Crippen molar-refractivity contribution in [1.82, 2.24) is 15.3 Å². The van der Waals surface area contributed by atoms with E-state index in [0.717, 1.165) is 39.8 Å². The van der Waals surface area contributed by atoms with E-state index in [-0.39, 0.29) is 29.8 Å². The van der Waals surface area contributed by atoms with E-state index in [1.165, 1.54) is 11.3 Å². The Bertz CT molecular complexity index is 1160. The number of thiazole rings is 1. The summed E-state index contributed by atoms with van der Waals surface area (Å²) in [6.07, 6.45) is 3.80. The van der Waals surface area contributed by atoms with Gasteiger partial charge in [-0.25, -0.2) is 9.97 Å². The van der Waals surface area contributed by atoms with Gasteiger partial charge in [0.15, 0.2) is 5.13 Å². The van der Waals surface area contributed by atoms with Crippen LogP contribution >= 0.6 is 23.1 Å². The highest BCUT2D eigenvalue weighted by Crippen LogP contribution is 2.32. The summed E-state index contributed by atoms with van der Waals surface area (Å²) in [7, 11) is 0. The molecule has 0 atom stereocenters. The highest BCUT2D eigenvalue weighted by molar-refractivity contribution is 8.01. The molecule has 0 spiro atoms. The smallest absolute Gasteiger partial charge is 0.230 e. The van der Waals surface area contributed by atoms with Crippen LogP contribution in [0.25, 0.3) is 5.57 Å². The second-order valence-corrected chi connectivity index (χ2v) is 12.9. The lowest BCUT2D eigenvalue weighted by Gasteiger charge is -2.21. The maximum absolute atomic E-state index is 12.5. The zero-order chi connectivity index (χ0) is 26.3. The van der Waals surface area contributed by atoms with Crippen LogP contribution in [0.3, 0.4) is 0 Å². The third kappa shape index (κ3) is 8.58. The van der Waals surface area contributed by atoms with Crippen molar-refractivity contribution in [3.8, 4) is 0 Å². The number of thioether (sulfide) groups is 1. The number of hydrogen-bond acceptors (Lipinski definition) is 8. The molecule has 0 saturated heterocycles. The zero-order valence-corrected chi connectivity index (χ0v) is 23.3. The molecule has 0 aliphatic heterocycles. The van der Waals surface area contributed by atoms with E-state index >= 15 is 0 Å². The lowest BCUT2D eigenvalue weighted by Crippen LogP contribution is -2.31. The molecular weight excluding hydrogens is 492 g/mol. The van der Waals surface area contributed by atoms with Gasteiger partial charge in [0.1, 0.15) is 5.76 Å². The van der Waals surface area contributed by atoms with Crippen molar-refractivity contribution in [3.63, 3.8) is 0 Å². The van der Waals surface area contributed by atoms with Gasteiger partial charge in [0.2, 0.25) is 11.8 Å². The van der Waals surface area contributed by atoms with E-state index in [2.05, 4.69) is 48.0 Å². The number of benzene rings is 1. The molecule has 0 fully saturated rings. The van der Waals surface area contributed by atoms with Crippen LogP contribution in [0, 0.1) is 5.41 Å². The molecule has 0 aliphatic carbocycles. The lowest BCUT2D eigenvalue weighted by atomic mass is 9.94. The maximum Gasteiger partial charge on any atom is 0.230 e. The number of carbonyl (C=O) groups is 1. The molecule has 7 nitrogen and oxygen atoms in total. The van der Waals surface area contributed by atoms with Crippen molar-refractivity contribution in [2.45, 2.75) is 57.2 Å². The Hall–Kier alpha value is -2.46. The van der Waals surface area contributed by atoms with Crippen LogP contribution in [-0.4, -0.2) is 39.9 Å². The molecule has 3 aromatic rings. The van der Waals surface area contributed by atoms with Gasteiger partial charge < -0.3 is 20.2 Å². The minimum Gasteiger partial charge on any atom is -0.441 e. The van der Waals surface area contributed by atoms with Gasteiger partial charge in [-0.1, -0.05) is 76.8 Å². The number of aliphatic hydroxyl groups excluding tert-OH is 1. The summed E-state index contributed by atoms with van der Waals surface area (Å²) in [4.78, 5) is 21.2. The summed E-state index contributed by atoms with van der Waals surface area (Å²) in [6, 6.07) is 7.97. The SMILES string of the molecule is C=C(CSc1cnc(NC(=O)Cc2ccc(CNCC(C)(C)CO)cc2)s1)c1ncc(C(C)(C)C)o1. The predicted octanol–water partition coefficient (Wildman–Crippen LogP) is 5.52. The molecule has 3 rings (SSSR count). The second-order valence-electron chi connectivity index (χ2n) is 10.6. The van der Waals surface area contributed by atoms with E-state index in [0.29, 0.717) is 16.8 Å². The highest BCUT2D eigenvalue weighted by atomic mass is 32.2.